The van der Waals surface area contributed by atoms with E-state index < -0.39 is 124 Å². The van der Waals surface area contributed by atoms with Gasteiger partial charge in [0.25, 0.3) is 0 Å². The number of phosphoric acid groups is 3. The lowest BCUT2D eigenvalue weighted by atomic mass is 9.83. The number of amides is 3. The molecule has 0 bridgehead atoms. The second-order valence-corrected chi connectivity index (χ2v) is 29.2. The van der Waals surface area contributed by atoms with E-state index in [-0.39, 0.29) is 139 Å². The minimum Gasteiger partial charge on any atom is -0.463 e. The molecule has 9 aliphatic rings. The van der Waals surface area contributed by atoms with Crippen molar-refractivity contribution in [2.45, 2.75) is 199 Å². The third kappa shape index (κ3) is 18.1. The molecule has 15 atom stereocenters. The number of esters is 3. The number of nitrogens with zero attached hydrogens (tertiary/aromatic N) is 5. The largest absolute Gasteiger partial charge is 0.475 e. The highest BCUT2D eigenvalue weighted by Gasteiger charge is 2.65. The molecule has 0 aliphatic carbocycles. The van der Waals surface area contributed by atoms with Crippen LogP contribution in [0.5, 0.6) is 0 Å². The first-order chi connectivity index (χ1) is 43.2. The van der Waals surface area contributed by atoms with E-state index in [9.17, 15) is 67.4 Å². The maximum Gasteiger partial charge on any atom is 0.475 e. The molecule has 0 aromatic heterocycles. The molecule has 9 rings (SSSR count). The first-order valence-corrected chi connectivity index (χ1v) is 34.3. The Morgan fingerprint density at radius 3 is 1.10 bits per heavy atom. The van der Waals surface area contributed by atoms with Crippen LogP contribution < -0.4 is 0 Å². The van der Waals surface area contributed by atoms with Crippen LogP contribution in [0.1, 0.15) is 120 Å². The molecule has 0 aromatic rings. The smallest absolute Gasteiger partial charge is 0.463 e. The zero-order valence-electron chi connectivity index (χ0n) is 52.0. The van der Waals surface area contributed by atoms with Gasteiger partial charge >= 0.3 is 41.4 Å². The SMILES string of the molecule is CC(C)OC(=O)CCCOP1(=O)OC[C@H]2O[C@@H](N3C=CC(=O)CC3=O)[C@](C)(C#N)[C@@H]2O1.CC(C)OC(=O)CCCO[P@@]1(=O)OC[C@H]2O[C@@H](N3C=CC(=O)CC3=O)[C@](C)(Cl)[C@@H]2O1.CC(C)OC(=O)CCCO[P@]1(=O)OC[C@H]2O[C@@H](N3C=CC(=O)CC3=O)[C@](C)(C#N)[C@@H]2O1. The van der Waals surface area contributed by atoms with Crippen LogP contribution in [0.15, 0.2) is 36.8 Å². The highest BCUT2D eigenvalue weighted by molar-refractivity contribution is 7.49. The average molecular weight is 1380 g/mol. The van der Waals surface area contributed by atoms with Crippen LogP contribution in [0.4, 0.5) is 0 Å². The number of halogens is 1. The molecule has 0 saturated carbocycles. The number of hydrogen-bond acceptors (Lipinski definition) is 29. The standard InChI is InChI=1S/2C19H25N2O9P.C18H25ClNO9P/c2*1-12(2)28-16(24)5-4-8-26-31(25)27-10-14-17(30-31)19(3,11-20)18(29-14)21-7-6-13(22)9-15(21)23;1-11(2)27-15(23)5-4-8-25-30(24)26-10-13-16(29-30)18(3,19)17(28-13)20-7-6-12(21)9-14(20)22/h2*6-7,12,14,17-18H,4-5,8-10H2,1-3H3;6-7,11,13,16-17H,4-5,8-10H2,1-3H3/t14-,17-,18-,19-,31?;14-,17-,18-,19-,31-;13-,16-,17-,18-,30+/m111/s1. The fourth-order valence-electron chi connectivity index (χ4n) is 10.5. The predicted octanol–water partition coefficient (Wildman–Crippen LogP) is 5.95. The van der Waals surface area contributed by atoms with Gasteiger partial charge in [-0.2, -0.15) is 10.5 Å². The number of carbonyl (C=O) groups is 9. The number of hydrogen-bond donors (Lipinski definition) is 0. The summed E-state index contributed by atoms with van der Waals surface area (Å²) in [7, 11) is -12.0. The molecular weight excluding hydrogens is 1300 g/mol. The molecule has 6 saturated heterocycles. The second kappa shape index (κ2) is 30.9. The van der Waals surface area contributed by atoms with Crippen LogP contribution >= 0.6 is 35.1 Å². The van der Waals surface area contributed by atoms with Crippen LogP contribution in [0.3, 0.4) is 0 Å². The Balaban J connectivity index is 0.000000196. The zero-order chi connectivity index (χ0) is 67.7. The molecule has 0 radical (unpaired) electrons. The Labute approximate surface area is 535 Å². The van der Waals surface area contributed by atoms with E-state index in [0.29, 0.717) is 0 Å². The van der Waals surface area contributed by atoms with Gasteiger partial charge in [0.2, 0.25) is 17.7 Å². The third-order valence-electron chi connectivity index (χ3n) is 14.9. The average Bonchev–Trinajstić information content (AvgIpc) is 1.60. The summed E-state index contributed by atoms with van der Waals surface area (Å²) in [5.74, 6) is -3.64. The Kier molecular flexibility index (Phi) is 24.9. The predicted molar refractivity (Wildman–Crippen MR) is 309 cm³/mol. The van der Waals surface area contributed by atoms with Crippen molar-refractivity contribution in [1.29, 1.82) is 10.5 Å². The molecule has 0 spiro atoms. The summed E-state index contributed by atoms with van der Waals surface area (Å²) in [4.78, 5) is 108. The molecular formula is C56H75ClN5O27P3. The number of phosphoric ester groups is 3. The molecule has 9 heterocycles. The minimum absolute atomic E-state index is 0.0411. The van der Waals surface area contributed by atoms with Gasteiger partial charge in [-0.3, -0.25) is 98.6 Å². The van der Waals surface area contributed by atoms with Crippen LogP contribution in [0.25, 0.3) is 0 Å². The third-order valence-corrected chi connectivity index (χ3v) is 19.6. The summed E-state index contributed by atoms with van der Waals surface area (Å²) in [6.07, 6.45) is -1.09. The quantitative estimate of drug-likeness (QED) is 0.0320. The van der Waals surface area contributed by atoms with E-state index in [4.69, 9.17) is 80.7 Å². The van der Waals surface area contributed by atoms with Crippen LogP contribution in [-0.4, -0.2) is 186 Å². The fourth-order valence-corrected chi connectivity index (χ4v) is 15.4. The van der Waals surface area contributed by atoms with E-state index in [0.717, 1.165) is 0 Å². The molecule has 92 heavy (non-hydrogen) atoms. The van der Waals surface area contributed by atoms with Gasteiger partial charge < -0.3 is 28.4 Å². The molecule has 36 heteroatoms. The maximum atomic E-state index is 12.9. The minimum atomic E-state index is -4.01. The van der Waals surface area contributed by atoms with Gasteiger partial charge in [0.15, 0.2) is 36.0 Å². The molecule has 0 aromatic carbocycles. The van der Waals surface area contributed by atoms with Gasteiger partial charge in [0, 0.05) is 37.9 Å². The first kappa shape index (κ1) is 73.9. The number of carbonyl (C=O) groups excluding carboxylic acids is 9. The summed E-state index contributed by atoms with van der Waals surface area (Å²) >= 11 is 6.66. The van der Waals surface area contributed by atoms with Crippen molar-refractivity contribution in [3.63, 3.8) is 0 Å². The van der Waals surface area contributed by atoms with Crippen LogP contribution in [-0.2, 0) is 126 Å². The van der Waals surface area contributed by atoms with Gasteiger partial charge in [0.1, 0.15) is 52.3 Å². The summed E-state index contributed by atoms with van der Waals surface area (Å²) < 4.78 is 120. The molecule has 1 unspecified atom stereocenters. The molecule has 9 aliphatic heterocycles. The van der Waals surface area contributed by atoms with Crippen molar-refractivity contribution in [2.75, 3.05) is 39.6 Å². The van der Waals surface area contributed by atoms with Crippen LogP contribution in [0, 0.1) is 33.5 Å². The lowest BCUT2D eigenvalue weighted by Gasteiger charge is -2.36. The number of allylic oxidation sites excluding steroid dienone is 3. The van der Waals surface area contributed by atoms with Crippen molar-refractivity contribution in [3.05, 3.63) is 36.8 Å². The van der Waals surface area contributed by atoms with Crippen molar-refractivity contribution < 1.29 is 126 Å². The lowest BCUT2D eigenvalue weighted by molar-refractivity contribution is -0.149. The Morgan fingerprint density at radius 2 is 0.804 bits per heavy atom. The number of ether oxygens (including phenoxy) is 6. The Bertz CT molecular complexity index is 3030. The lowest BCUT2D eigenvalue weighted by Crippen LogP contribution is -2.51. The normalized spacial score (nSPS) is 35.6. The second-order valence-electron chi connectivity index (χ2n) is 23.5. The number of rotatable bonds is 21. The summed E-state index contributed by atoms with van der Waals surface area (Å²) in [5.41, 5.74) is -2.79. The monoisotopic (exact) mass is 1380 g/mol. The van der Waals surface area contributed by atoms with E-state index in [1.165, 1.54) is 65.4 Å². The van der Waals surface area contributed by atoms with E-state index in [2.05, 4.69) is 12.1 Å². The highest BCUT2D eigenvalue weighted by Crippen LogP contribution is 2.62. The van der Waals surface area contributed by atoms with Crippen molar-refractivity contribution in [3.8, 4) is 12.1 Å². The number of alkyl halides is 1. The maximum absolute atomic E-state index is 12.9. The van der Waals surface area contributed by atoms with Crippen molar-refractivity contribution >= 4 is 88.0 Å². The molecule has 508 valence electrons. The van der Waals surface area contributed by atoms with Gasteiger partial charge in [-0.25, -0.2) is 13.7 Å². The molecule has 6 fully saturated rings. The summed E-state index contributed by atoms with van der Waals surface area (Å²) in [6, 6.07) is 4.20. The molecule has 32 nitrogen and oxygen atoms in total. The fraction of sp³-hybridized carbons (Fsp3) is 0.696. The number of fused-ring (bicyclic) bond motifs is 3. The van der Waals surface area contributed by atoms with E-state index in [1.807, 2.05) is 0 Å². The Morgan fingerprint density at radius 1 is 0.522 bits per heavy atom. The zero-order valence-corrected chi connectivity index (χ0v) is 55.4. The van der Waals surface area contributed by atoms with Crippen molar-refractivity contribution in [2.24, 2.45) is 10.8 Å². The van der Waals surface area contributed by atoms with Gasteiger partial charge in [-0.15, -0.1) is 11.6 Å². The van der Waals surface area contributed by atoms with Crippen LogP contribution in [0.2, 0.25) is 0 Å². The molecule has 3 amide bonds. The Hall–Kier alpha value is -5.47. The molecule has 0 N–H and O–H groups in total. The summed E-state index contributed by atoms with van der Waals surface area (Å²) in [6.45, 7) is 14.4. The number of ketones is 3. The van der Waals surface area contributed by atoms with E-state index >= 15 is 0 Å². The van der Waals surface area contributed by atoms with Gasteiger partial charge in [-0.05, 0) is 99.8 Å². The first-order valence-electron chi connectivity index (χ1n) is 29.5. The van der Waals surface area contributed by atoms with Gasteiger partial charge in [0.05, 0.1) is 89.4 Å². The van der Waals surface area contributed by atoms with E-state index in [1.54, 1.807) is 48.5 Å². The van der Waals surface area contributed by atoms with Gasteiger partial charge in [-0.1, -0.05) is 0 Å². The number of nitriles is 2. The topological polar surface area (TPSA) is 401 Å². The highest BCUT2D eigenvalue weighted by atomic mass is 35.5. The summed E-state index contributed by atoms with van der Waals surface area (Å²) in [5, 5.41) is 19.7. The van der Waals surface area contributed by atoms with Crippen molar-refractivity contribution in [1.82, 2.24) is 14.7 Å².